The van der Waals surface area contributed by atoms with Gasteiger partial charge >= 0.3 is 5.69 Å². The molecule has 0 radical (unpaired) electrons. The normalized spacial score (nSPS) is 10.8. The summed E-state index contributed by atoms with van der Waals surface area (Å²) in [5.74, 6) is 0.275. The first-order valence-electron chi connectivity index (χ1n) is 6.48. The summed E-state index contributed by atoms with van der Waals surface area (Å²) in [7, 11) is 1.74. The number of aryl methyl sites for hydroxylation is 1. The second kappa shape index (κ2) is 4.90. The van der Waals surface area contributed by atoms with Crippen LogP contribution in [0.2, 0.25) is 0 Å². The minimum Gasteiger partial charge on any atom is -0.311 e. The van der Waals surface area contributed by atoms with E-state index in [1.165, 1.54) is 6.92 Å². The van der Waals surface area contributed by atoms with E-state index in [0.717, 1.165) is 11.0 Å². The van der Waals surface area contributed by atoms with Crippen molar-refractivity contribution in [3.8, 4) is 5.69 Å². The van der Waals surface area contributed by atoms with Gasteiger partial charge < -0.3 is 5.32 Å². The van der Waals surface area contributed by atoms with E-state index in [1.54, 1.807) is 34.5 Å². The maximum atomic E-state index is 12.4. The van der Waals surface area contributed by atoms with Gasteiger partial charge in [-0.2, -0.15) is 0 Å². The number of para-hydroxylation sites is 2. The van der Waals surface area contributed by atoms with E-state index in [2.05, 4.69) is 10.3 Å². The molecule has 0 bridgehead atoms. The molecule has 2 heterocycles. The van der Waals surface area contributed by atoms with Crippen LogP contribution in [-0.4, -0.2) is 20.0 Å². The van der Waals surface area contributed by atoms with Crippen LogP contribution in [0.3, 0.4) is 0 Å². The fourth-order valence-electron chi connectivity index (χ4n) is 2.32. The number of amides is 1. The smallest absolute Gasteiger partial charge is 0.311 e. The summed E-state index contributed by atoms with van der Waals surface area (Å²) in [5.41, 5.74) is 2.20. The van der Waals surface area contributed by atoms with Crippen molar-refractivity contribution in [2.45, 2.75) is 6.92 Å². The molecule has 0 saturated carbocycles. The maximum Gasteiger partial charge on any atom is 0.333 e. The fourth-order valence-corrected chi connectivity index (χ4v) is 2.32. The highest BCUT2D eigenvalue weighted by Crippen LogP contribution is 2.17. The van der Waals surface area contributed by atoms with Crippen molar-refractivity contribution in [1.82, 2.24) is 14.1 Å². The third-order valence-corrected chi connectivity index (χ3v) is 3.27. The molecule has 21 heavy (non-hydrogen) atoms. The Hall–Kier alpha value is -2.89. The predicted octanol–water partition coefficient (Wildman–Crippen LogP) is 1.68. The molecule has 1 N–H and O–H groups in total. The van der Waals surface area contributed by atoms with Gasteiger partial charge in [0.1, 0.15) is 5.82 Å². The Morgan fingerprint density at radius 3 is 2.48 bits per heavy atom. The largest absolute Gasteiger partial charge is 0.333 e. The number of rotatable bonds is 2. The van der Waals surface area contributed by atoms with Crippen molar-refractivity contribution in [3.05, 3.63) is 53.1 Å². The molecule has 0 aliphatic carbocycles. The Morgan fingerprint density at radius 1 is 1.14 bits per heavy atom. The van der Waals surface area contributed by atoms with E-state index in [0.29, 0.717) is 11.5 Å². The van der Waals surface area contributed by atoms with Crippen LogP contribution in [0.5, 0.6) is 0 Å². The number of benzene rings is 1. The third kappa shape index (κ3) is 2.20. The van der Waals surface area contributed by atoms with Crippen LogP contribution in [0.4, 0.5) is 5.82 Å². The average Bonchev–Trinajstić information content (AvgIpc) is 2.72. The molecule has 3 aromatic rings. The predicted molar refractivity (Wildman–Crippen MR) is 80.6 cm³/mol. The summed E-state index contributed by atoms with van der Waals surface area (Å²) in [5, 5.41) is 2.60. The van der Waals surface area contributed by atoms with Crippen molar-refractivity contribution >= 4 is 22.8 Å². The van der Waals surface area contributed by atoms with E-state index >= 15 is 0 Å². The maximum absolute atomic E-state index is 12.4. The molecule has 0 aliphatic heterocycles. The van der Waals surface area contributed by atoms with Gasteiger partial charge in [0.05, 0.1) is 22.9 Å². The highest BCUT2D eigenvalue weighted by Gasteiger charge is 2.11. The number of carbonyl (C=O) groups excluding carboxylic acids is 1. The van der Waals surface area contributed by atoms with Crippen LogP contribution in [0.25, 0.3) is 16.7 Å². The van der Waals surface area contributed by atoms with Gasteiger partial charge in [-0.15, -0.1) is 0 Å². The Balaban J connectivity index is 2.15. The van der Waals surface area contributed by atoms with Gasteiger partial charge in [0.2, 0.25) is 5.91 Å². The SMILES string of the molecule is CC(=O)Nc1ccc(-n2c(=O)n(C)c3ccccc32)cn1. The monoisotopic (exact) mass is 282 g/mol. The molecule has 3 rings (SSSR count). The van der Waals surface area contributed by atoms with Crippen molar-refractivity contribution in [2.75, 3.05) is 5.32 Å². The van der Waals surface area contributed by atoms with Gasteiger partial charge in [0.15, 0.2) is 0 Å². The Kier molecular flexibility index (Phi) is 3.06. The first-order valence-corrected chi connectivity index (χ1v) is 6.48. The first kappa shape index (κ1) is 13.1. The summed E-state index contributed by atoms with van der Waals surface area (Å²) in [6.07, 6.45) is 1.57. The summed E-state index contributed by atoms with van der Waals surface area (Å²) in [6.45, 7) is 1.42. The van der Waals surface area contributed by atoms with E-state index in [-0.39, 0.29) is 11.6 Å². The van der Waals surface area contributed by atoms with Crippen molar-refractivity contribution in [3.63, 3.8) is 0 Å². The molecule has 0 spiro atoms. The molecule has 0 atom stereocenters. The number of fused-ring (bicyclic) bond motifs is 1. The minimum absolute atomic E-state index is 0.134. The van der Waals surface area contributed by atoms with E-state index in [9.17, 15) is 9.59 Å². The highest BCUT2D eigenvalue weighted by atomic mass is 16.2. The summed E-state index contributed by atoms with van der Waals surface area (Å²) in [4.78, 5) is 27.5. The van der Waals surface area contributed by atoms with Gasteiger partial charge in [-0.25, -0.2) is 9.78 Å². The van der Waals surface area contributed by atoms with Crippen LogP contribution >= 0.6 is 0 Å². The number of nitrogens with zero attached hydrogens (tertiary/aromatic N) is 3. The number of carbonyl (C=O) groups is 1. The lowest BCUT2D eigenvalue weighted by molar-refractivity contribution is -0.114. The fraction of sp³-hybridized carbons (Fsp3) is 0.133. The average molecular weight is 282 g/mol. The zero-order valence-corrected chi connectivity index (χ0v) is 11.7. The van der Waals surface area contributed by atoms with Gasteiger partial charge in [-0.1, -0.05) is 12.1 Å². The number of imidazole rings is 1. The van der Waals surface area contributed by atoms with Crippen LogP contribution < -0.4 is 11.0 Å². The Morgan fingerprint density at radius 2 is 1.86 bits per heavy atom. The van der Waals surface area contributed by atoms with Gasteiger partial charge in [0, 0.05) is 14.0 Å². The lowest BCUT2D eigenvalue weighted by Gasteiger charge is -2.05. The van der Waals surface area contributed by atoms with Gasteiger partial charge in [0.25, 0.3) is 0 Å². The number of pyridine rings is 1. The van der Waals surface area contributed by atoms with E-state index in [4.69, 9.17) is 0 Å². The summed E-state index contributed by atoms with van der Waals surface area (Å²) >= 11 is 0. The summed E-state index contributed by atoms with van der Waals surface area (Å²) < 4.78 is 3.19. The van der Waals surface area contributed by atoms with Crippen LogP contribution in [0, 0.1) is 0 Å². The van der Waals surface area contributed by atoms with Crippen LogP contribution in [0.15, 0.2) is 47.4 Å². The number of nitrogens with one attached hydrogen (secondary N) is 1. The molecule has 1 amide bonds. The number of aromatic nitrogens is 3. The quantitative estimate of drug-likeness (QED) is 0.777. The van der Waals surface area contributed by atoms with E-state index in [1.807, 2.05) is 24.3 Å². The molecule has 106 valence electrons. The zero-order chi connectivity index (χ0) is 15.0. The number of hydrogen-bond acceptors (Lipinski definition) is 3. The molecular weight excluding hydrogens is 268 g/mol. The first-order chi connectivity index (χ1) is 10.1. The molecule has 1 aromatic carbocycles. The highest BCUT2D eigenvalue weighted by molar-refractivity contribution is 5.87. The topological polar surface area (TPSA) is 68.9 Å². The molecule has 2 aromatic heterocycles. The Labute approximate surface area is 120 Å². The third-order valence-electron chi connectivity index (χ3n) is 3.27. The molecular formula is C15H14N4O2. The molecule has 6 nitrogen and oxygen atoms in total. The van der Waals surface area contributed by atoms with Crippen molar-refractivity contribution in [2.24, 2.45) is 7.05 Å². The molecule has 0 aliphatic rings. The summed E-state index contributed by atoms with van der Waals surface area (Å²) in [6, 6.07) is 11.0. The lowest BCUT2D eigenvalue weighted by Crippen LogP contribution is -2.21. The zero-order valence-electron chi connectivity index (χ0n) is 11.7. The number of anilines is 1. The standard InChI is InChI=1S/C15H14N4O2/c1-10(20)17-14-8-7-11(9-16-14)19-13-6-4-3-5-12(13)18(2)15(19)21/h3-9H,1-2H3,(H,16,17,20). The number of hydrogen-bond donors (Lipinski definition) is 1. The lowest BCUT2D eigenvalue weighted by atomic mass is 10.3. The molecule has 0 fully saturated rings. The van der Waals surface area contributed by atoms with Crippen LogP contribution in [0.1, 0.15) is 6.92 Å². The van der Waals surface area contributed by atoms with Gasteiger partial charge in [-0.05, 0) is 24.3 Å². The molecule has 6 heteroatoms. The van der Waals surface area contributed by atoms with E-state index < -0.39 is 0 Å². The van der Waals surface area contributed by atoms with Crippen molar-refractivity contribution < 1.29 is 4.79 Å². The molecule has 0 unspecified atom stereocenters. The minimum atomic E-state index is -0.183. The van der Waals surface area contributed by atoms with Gasteiger partial charge in [-0.3, -0.25) is 13.9 Å². The second-order valence-corrected chi connectivity index (χ2v) is 4.75. The van der Waals surface area contributed by atoms with Crippen molar-refractivity contribution in [1.29, 1.82) is 0 Å². The van der Waals surface area contributed by atoms with Crippen LogP contribution in [-0.2, 0) is 11.8 Å². The Bertz CT molecular complexity index is 875. The second-order valence-electron chi connectivity index (χ2n) is 4.75. The molecule has 0 saturated heterocycles.